The van der Waals surface area contributed by atoms with Crippen LogP contribution in [0.1, 0.15) is 38.9 Å². The molecule has 4 heteroatoms. The van der Waals surface area contributed by atoms with Crippen molar-refractivity contribution in [1.29, 1.82) is 0 Å². The van der Waals surface area contributed by atoms with E-state index in [1.807, 2.05) is 51.1 Å². The molecule has 0 aromatic heterocycles. The maximum absolute atomic E-state index is 12.1. The van der Waals surface area contributed by atoms with E-state index in [0.29, 0.717) is 6.42 Å². The van der Waals surface area contributed by atoms with E-state index in [-0.39, 0.29) is 12.1 Å². The lowest BCUT2D eigenvalue weighted by Gasteiger charge is -2.26. The van der Waals surface area contributed by atoms with E-state index >= 15 is 0 Å². The molecule has 2 rings (SSSR count). The quantitative estimate of drug-likeness (QED) is 0.769. The van der Waals surface area contributed by atoms with Crippen LogP contribution in [0.5, 0.6) is 0 Å². The number of nitrogens with zero attached hydrogens (tertiary/aromatic N) is 1. The number of benzene rings is 1. The first-order valence-corrected chi connectivity index (χ1v) is 6.77. The summed E-state index contributed by atoms with van der Waals surface area (Å²) in [4.78, 5) is 17.9. The lowest BCUT2D eigenvalue weighted by Crippen LogP contribution is -2.38. The molecule has 1 aliphatic rings. The molecule has 1 saturated heterocycles. The monoisotopic (exact) mass is 275 g/mol. The Morgan fingerprint density at radius 3 is 2.60 bits per heavy atom. The summed E-state index contributed by atoms with van der Waals surface area (Å²) in [5.41, 5.74) is 0.502. The minimum absolute atomic E-state index is 0.147. The molecule has 0 spiro atoms. The fraction of sp³-hybridized carbons (Fsp3) is 0.438. The number of amides is 1. The van der Waals surface area contributed by atoms with Crippen molar-refractivity contribution in [2.45, 2.75) is 44.9 Å². The molecule has 1 heterocycles. The SMILES string of the molecule is C=CC1C[C@@H](c2ccccc2)ON1C(=O)OC(C)(C)C. The van der Waals surface area contributed by atoms with Gasteiger partial charge in [0.15, 0.2) is 0 Å². The summed E-state index contributed by atoms with van der Waals surface area (Å²) in [6, 6.07) is 9.67. The first kappa shape index (κ1) is 14.6. The Morgan fingerprint density at radius 2 is 2.05 bits per heavy atom. The van der Waals surface area contributed by atoms with Crippen LogP contribution in [-0.4, -0.2) is 22.8 Å². The summed E-state index contributed by atoms with van der Waals surface area (Å²) in [6.07, 6.45) is 1.78. The molecule has 1 aromatic carbocycles. The lowest BCUT2D eigenvalue weighted by atomic mass is 10.0. The molecule has 0 radical (unpaired) electrons. The molecular formula is C16H21NO3. The fourth-order valence-electron chi connectivity index (χ4n) is 2.12. The molecule has 0 bridgehead atoms. The van der Waals surface area contributed by atoms with E-state index < -0.39 is 11.7 Å². The van der Waals surface area contributed by atoms with Crippen molar-refractivity contribution < 1.29 is 14.4 Å². The van der Waals surface area contributed by atoms with Crippen LogP contribution >= 0.6 is 0 Å². The maximum atomic E-state index is 12.1. The van der Waals surface area contributed by atoms with Gasteiger partial charge in [-0.1, -0.05) is 36.4 Å². The van der Waals surface area contributed by atoms with Gasteiger partial charge in [-0.25, -0.2) is 4.79 Å². The van der Waals surface area contributed by atoms with Crippen molar-refractivity contribution >= 4 is 6.09 Å². The molecule has 0 aliphatic carbocycles. The number of carbonyl (C=O) groups is 1. The van der Waals surface area contributed by atoms with Crippen LogP contribution in [0.25, 0.3) is 0 Å². The van der Waals surface area contributed by atoms with Gasteiger partial charge in [0.1, 0.15) is 11.7 Å². The Balaban J connectivity index is 2.11. The van der Waals surface area contributed by atoms with Gasteiger partial charge in [0.05, 0.1) is 6.04 Å². The zero-order chi connectivity index (χ0) is 14.8. The summed E-state index contributed by atoms with van der Waals surface area (Å²) < 4.78 is 5.35. The number of hydrogen-bond acceptors (Lipinski definition) is 3. The van der Waals surface area contributed by atoms with Gasteiger partial charge < -0.3 is 4.74 Å². The first-order chi connectivity index (χ1) is 9.40. The van der Waals surface area contributed by atoms with Gasteiger partial charge in [-0.05, 0) is 26.3 Å². The highest BCUT2D eigenvalue weighted by atomic mass is 16.7. The molecule has 0 saturated carbocycles. The van der Waals surface area contributed by atoms with Crippen LogP contribution in [0, 0.1) is 0 Å². The van der Waals surface area contributed by atoms with E-state index in [0.717, 1.165) is 5.56 Å². The van der Waals surface area contributed by atoms with E-state index in [4.69, 9.17) is 9.57 Å². The largest absolute Gasteiger partial charge is 0.442 e. The zero-order valence-corrected chi connectivity index (χ0v) is 12.2. The molecule has 1 amide bonds. The van der Waals surface area contributed by atoms with Gasteiger partial charge >= 0.3 is 6.09 Å². The van der Waals surface area contributed by atoms with E-state index in [1.54, 1.807) is 6.08 Å². The van der Waals surface area contributed by atoms with Crippen LogP contribution in [0.2, 0.25) is 0 Å². The summed E-state index contributed by atoms with van der Waals surface area (Å²) in [5.74, 6) is 0. The molecule has 1 unspecified atom stereocenters. The van der Waals surface area contributed by atoms with Crippen molar-refractivity contribution in [1.82, 2.24) is 5.06 Å². The summed E-state index contributed by atoms with van der Waals surface area (Å²) in [6.45, 7) is 9.27. The molecular weight excluding hydrogens is 254 g/mol. The number of rotatable bonds is 2. The maximum Gasteiger partial charge on any atom is 0.435 e. The third-order valence-corrected chi connectivity index (χ3v) is 3.01. The number of ether oxygens (including phenoxy) is 1. The molecule has 1 aromatic rings. The van der Waals surface area contributed by atoms with Crippen LogP contribution < -0.4 is 0 Å². The molecule has 1 fully saturated rings. The first-order valence-electron chi connectivity index (χ1n) is 6.77. The Labute approximate surface area is 119 Å². The zero-order valence-electron chi connectivity index (χ0n) is 12.2. The van der Waals surface area contributed by atoms with Crippen molar-refractivity contribution in [2.24, 2.45) is 0 Å². The Kier molecular flexibility index (Phi) is 4.14. The second-order valence-electron chi connectivity index (χ2n) is 5.85. The van der Waals surface area contributed by atoms with E-state index in [9.17, 15) is 4.79 Å². The Bertz CT molecular complexity index is 478. The van der Waals surface area contributed by atoms with Crippen molar-refractivity contribution in [3.63, 3.8) is 0 Å². The smallest absolute Gasteiger partial charge is 0.435 e. The third-order valence-electron chi connectivity index (χ3n) is 3.01. The van der Waals surface area contributed by atoms with Crippen LogP contribution in [0.4, 0.5) is 4.79 Å². The predicted molar refractivity (Wildman–Crippen MR) is 76.9 cm³/mol. The van der Waals surface area contributed by atoms with Gasteiger partial charge in [-0.3, -0.25) is 4.84 Å². The number of hydrogen-bond donors (Lipinski definition) is 0. The fourth-order valence-corrected chi connectivity index (χ4v) is 2.12. The van der Waals surface area contributed by atoms with Gasteiger partial charge in [-0.2, -0.15) is 5.06 Å². The molecule has 2 atom stereocenters. The van der Waals surface area contributed by atoms with Gasteiger partial charge in [0.2, 0.25) is 0 Å². The van der Waals surface area contributed by atoms with E-state index in [2.05, 4.69) is 6.58 Å². The molecule has 108 valence electrons. The van der Waals surface area contributed by atoms with Gasteiger partial charge in [-0.15, -0.1) is 6.58 Å². The van der Waals surface area contributed by atoms with Crippen molar-refractivity contribution in [3.05, 3.63) is 48.6 Å². The average molecular weight is 275 g/mol. The van der Waals surface area contributed by atoms with Crippen molar-refractivity contribution in [2.75, 3.05) is 0 Å². The topological polar surface area (TPSA) is 38.8 Å². The second-order valence-corrected chi connectivity index (χ2v) is 5.85. The Morgan fingerprint density at radius 1 is 1.40 bits per heavy atom. The Hall–Kier alpha value is -1.81. The summed E-state index contributed by atoms with van der Waals surface area (Å²) in [5, 5.41) is 1.29. The number of carbonyl (C=O) groups excluding carboxylic acids is 1. The standard InChI is InChI=1S/C16H21NO3/c1-5-13-11-14(12-9-7-6-8-10-12)20-17(13)15(18)19-16(2,3)4/h5-10,13-14H,1,11H2,2-4H3/t13?,14-/m0/s1. The minimum atomic E-state index is -0.545. The van der Waals surface area contributed by atoms with Crippen LogP contribution in [0.15, 0.2) is 43.0 Å². The molecule has 4 nitrogen and oxygen atoms in total. The predicted octanol–water partition coefficient (Wildman–Crippen LogP) is 3.85. The number of hydroxylamine groups is 2. The third kappa shape index (κ3) is 3.39. The molecule has 20 heavy (non-hydrogen) atoms. The highest BCUT2D eigenvalue weighted by Crippen LogP contribution is 2.34. The molecule has 0 N–H and O–H groups in total. The lowest BCUT2D eigenvalue weighted by molar-refractivity contribution is -0.146. The minimum Gasteiger partial charge on any atom is -0.442 e. The highest BCUT2D eigenvalue weighted by Gasteiger charge is 2.38. The summed E-state index contributed by atoms with van der Waals surface area (Å²) >= 11 is 0. The normalized spacial score (nSPS) is 22.6. The van der Waals surface area contributed by atoms with Gasteiger partial charge in [0, 0.05) is 6.42 Å². The van der Waals surface area contributed by atoms with Gasteiger partial charge in [0.25, 0.3) is 0 Å². The molecule has 1 aliphatic heterocycles. The van der Waals surface area contributed by atoms with Crippen LogP contribution in [-0.2, 0) is 9.57 Å². The van der Waals surface area contributed by atoms with Crippen LogP contribution in [0.3, 0.4) is 0 Å². The van der Waals surface area contributed by atoms with E-state index in [1.165, 1.54) is 5.06 Å². The average Bonchev–Trinajstić information content (AvgIpc) is 2.82. The second kappa shape index (κ2) is 5.67. The van der Waals surface area contributed by atoms with Crippen molar-refractivity contribution in [3.8, 4) is 0 Å². The summed E-state index contributed by atoms with van der Waals surface area (Å²) in [7, 11) is 0. The highest BCUT2D eigenvalue weighted by molar-refractivity contribution is 5.68.